The third-order valence-electron chi connectivity index (χ3n) is 3.91. The molecular weight excluding hydrogens is 411 g/mol. The Morgan fingerprint density at radius 3 is 2.69 bits per heavy atom. The van der Waals surface area contributed by atoms with Crippen molar-refractivity contribution < 1.29 is 17.9 Å². The van der Waals surface area contributed by atoms with Crippen LogP contribution in [-0.4, -0.2) is 23.2 Å². The van der Waals surface area contributed by atoms with Gasteiger partial charge >= 0.3 is 6.61 Å². The number of hydrogen-bond donors (Lipinski definition) is 1. The molecule has 2 aromatic carbocycles. The molecule has 26 heavy (non-hydrogen) atoms. The number of alkyl halides is 2. The van der Waals surface area contributed by atoms with Gasteiger partial charge in [-0.1, -0.05) is 24.3 Å². The minimum absolute atomic E-state index is 0.0393. The standard InChI is InChI=1S/C18H15BrF3N3O/c1-3-14(10-6-4-5-7-16(10)26-17(21)22)25-15-8-11(19)12(20)9-13(15)24-18(25)23-2/h3-9,14,17H,1H2,2H3,(H,23,24). The molecule has 3 rings (SSSR count). The number of rotatable bonds is 6. The van der Waals surface area contributed by atoms with Crippen molar-refractivity contribution in [3.8, 4) is 5.75 Å². The quantitative estimate of drug-likeness (QED) is 0.540. The summed E-state index contributed by atoms with van der Waals surface area (Å²) < 4.78 is 46.1. The average molecular weight is 426 g/mol. The van der Waals surface area contributed by atoms with Crippen LogP contribution in [0.5, 0.6) is 5.75 Å². The summed E-state index contributed by atoms with van der Waals surface area (Å²) in [6.45, 7) is 0.880. The van der Waals surface area contributed by atoms with Crippen LogP contribution in [0.3, 0.4) is 0 Å². The lowest BCUT2D eigenvalue weighted by Gasteiger charge is -2.21. The molecule has 0 aliphatic rings. The molecule has 1 aromatic heterocycles. The summed E-state index contributed by atoms with van der Waals surface area (Å²) in [6.07, 6.45) is 1.59. The molecule has 3 aromatic rings. The highest BCUT2D eigenvalue weighted by atomic mass is 79.9. The molecule has 0 saturated carbocycles. The van der Waals surface area contributed by atoms with Crippen LogP contribution in [0.4, 0.5) is 19.1 Å². The molecule has 1 unspecified atom stereocenters. The predicted molar refractivity (Wildman–Crippen MR) is 98.3 cm³/mol. The van der Waals surface area contributed by atoms with Crippen molar-refractivity contribution in [1.29, 1.82) is 0 Å². The first-order valence-electron chi connectivity index (χ1n) is 7.67. The average Bonchev–Trinajstić information content (AvgIpc) is 2.94. The highest BCUT2D eigenvalue weighted by Crippen LogP contribution is 2.36. The van der Waals surface area contributed by atoms with Crippen LogP contribution >= 0.6 is 15.9 Å². The summed E-state index contributed by atoms with van der Waals surface area (Å²) >= 11 is 3.17. The Balaban J connectivity index is 2.24. The number of halogens is 4. The van der Waals surface area contributed by atoms with Crippen LogP contribution in [0, 0.1) is 5.82 Å². The number of hydrogen-bond acceptors (Lipinski definition) is 3. The van der Waals surface area contributed by atoms with Gasteiger partial charge < -0.3 is 10.1 Å². The SMILES string of the molecule is C=CC(c1ccccc1OC(F)F)n1c(NC)nc2cc(F)c(Br)cc21. The normalized spacial score (nSPS) is 12.4. The van der Waals surface area contributed by atoms with E-state index in [1.165, 1.54) is 12.1 Å². The number of fused-ring (bicyclic) bond motifs is 1. The van der Waals surface area contributed by atoms with Gasteiger partial charge in [-0.05, 0) is 28.1 Å². The number of aromatic nitrogens is 2. The van der Waals surface area contributed by atoms with Crippen molar-refractivity contribution in [2.75, 3.05) is 12.4 Å². The monoisotopic (exact) mass is 425 g/mol. The zero-order chi connectivity index (χ0) is 18.8. The summed E-state index contributed by atoms with van der Waals surface area (Å²) in [5.74, 6) is 0.0353. The van der Waals surface area contributed by atoms with Crippen LogP contribution in [0.2, 0.25) is 0 Å². The van der Waals surface area contributed by atoms with E-state index in [0.717, 1.165) is 0 Å². The second-order valence-corrected chi connectivity index (χ2v) is 6.26. The van der Waals surface area contributed by atoms with Gasteiger partial charge in [-0.2, -0.15) is 8.78 Å². The Hall–Kier alpha value is -2.48. The molecule has 0 fully saturated rings. The van der Waals surface area contributed by atoms with E-state index in [4.69, 9.17) is 0 Å². The van der Waals surface area contributed by atoms with E-state index in [0.29, 0.717) is 22.5 Å². The van der Waals surface area contributed by atoms with Crippen molar-refractivity contribution in [2.24, 2.45) is 0 Å². The molecule has 1 heterocycles. The molecular formula is C18H15BrF3N3O. The zero-order valence-corrected chi connectivity index (χ0v) is 15.3. The number of allylic oxidation sites excluding steroid dienone is 1. The van der Waals surface area contributed by atoms with E-state index >= 15 is 0 Å². The first kappa shape index (κ1) is 18.3. The summed E-state index contributed by atoms with van der Waals surface area (Å²) in [6, 6.07) is 8.80. The van der Waals surface area contributed by atoms with Crippen LogP contribution < -0.4 is 10.1 Å². The van der Waals surface area contributed by atoms with E-state index in [1.807, 2.05) is 0 Å². The largest absolute Gasteiger partial charge is 0.434 e. The first-order valence-corrected chi connectivity index (χ1v) is 8.46. The fourth-order valence-corrected chi connectivity index (χ4v) is 3.18. The highest BCUT2D eigenvalue weighted by Gasteiger charge is 2.23. The number of benzene rings is 2. The topological polar surface area (TPSA) is 39.1 Å². The van der Waals surface area contributed by atoms with Crippen molar-refractivity contribution in [1.82, 2.24) is 9.55 Å². The minimum Gasteiger partial charge on any atom is -0.434 e. The molecule has 0 amide bonds. The molecule has 0 spiro atoms. The number of ether oxygens (including phenoxy) is 1. The maximum atomic E-state index is 13.9. The van der Waals surface area contributed by atoms with Crippen molar-refractivity contribution in [2.45, 2.75) is 12.7 Å². The van der Waals surface area contributed by atoms with Gasteiger partial charge in [-0.3, -0.25) is 4.57 Å². The summed E-state index contributed by atoms with van der Waals surface area (Å²) in [5.41, 5.74) is 1.52. The first-order chi connectivity index (χ1) is 12.5. The van der Waals surface area contributed by atoms with E-state index in [1.54, 1.807) is 42.0 Å². The number of anilines is 1. The molecule has 1 atom stereocenters. The maximum Gasteiger partial charge on any atom is 0.387 e. The minimum atomic E-state index is -2.95. The maximum absolute atomic E-state index is 13.9. The van der Waals surface area contributed by atoms with Gasteiger partial charge in [0.25, 0.3) is 0 Å². The van der Waals surface area contributed by atoms with Gasteiger partial charge in [-0.15, -0.1) is 6.58 Å². The van der Waals surface area contributed by atoms with Crippen LogP contribution in [0.15, 0.2) is 53.5 Å². The summed E-state index contributed by atoms with van der Waals surface area (Å²) in [4.78, 5) is 4.37. The van der Waals surface area contributed by atoms with E-state index in [2.05, 4.69) is 37.5 Å². The summed E-state index contributed by atoms with van der Waals surface area (Å²) in [7, 11) is 1.67. The van der Waals surface area contributed by atoms with Crippen LogP contribution in [0.25, 0.3) is 11.0 Å². The van der Waals surface area contributed by atoms with E-state index < -0.39 is 18.5 Å². The molecule has 0 saturated heterocycles. The van der Waals surface area contributed by atoms with Gasteiger partial charge in [0.1, 0.15) is 11.6 Å². The van der Waals surface area contributed by atoms with Crippen molar-refractivity contribution >= 4 is 32.9 Å². The number of nitrogens with zero attached hydrogens (tertiary/aromatic N) is 2. The second kappa shape index (κ2) is 7.41. The zero-order valence-electron chi connectivity index (χ0n) is 13.7. The van der Waals surface area contributed by atoms with Crippen LogP contribution in [-0.2, 0) is 0 Å². The molecule has 1 N–H and O–H groups in total. The third-order valence-corrected chi connectivity index (χ3v) is 4.52. The van der Waals surface area contributed by atoms with E-state index in [9.17, 15) is 13.2 Å². The van der Waals surface area contributed by atoms with Gasteiger partial charge in [0.05, 0.1) is 21.5 Å². The molecule has 0 aliphatic heterocycles. The number of para-hydroxylation sites is 1. The Kier molecular flexibility index (Phi) is 5.22. The molecule has 0 bridgehead atoms. The lowest BCUT2D eigenvalue weighted by Crippen LogP contribution is -2.14. The Bertz CT molecular complexity index is 958. The fraction of sp³-hybridized carbons (Fsp3) is 0.167. The van der Waals surface area contributed by atoms with Gasteiger partial charge in [-0.25, -0.2) is 9.37 Å². The van der Waals surface area contributed by atoms with Gasteiger partial charge in [0.15, 0.2) is 0 Å². The second-order valence-electron chi connectivity index (χ2n) is 5.41. The molecule has 136 valence electrons. The Morgan fingerprint density at radius 1 is 1.31 bits per heavy atom. The lowest BCUT2D eigenvalue weighted by atomic mass is 10.1. The van der Waals surface area contributed by atoms with Gasteiger partial charge in [0.2, 0.25) is 5.95 Å². The molecule has 0 aliphatic carbocycles. The number of imidazole rings is 1. The van der Waals surface area contributed by atoms with E-state index in [-0.39, 0.29) is 10.2 Å². The third kappa shape index (κ3) is 3.29. The fourth-order valence-electron chi connectivity index (χ4n) is 2.85. The van der Waals surface area contributed by atoms with Crippen LogP contribution in [0.1, 0.15) is 11.6 Å². The molecule has 0 radical (unpaired) electrons. The summed E-state index contributed by atoms with van der Waals surface area (Å²) in [5, 5.41) is 2.95. The number of nitrogens with one attached hydrogen (secondary N) is 1. The van der Waals surface area contributed by atoms with Crippen molar-refractivity contribution in [3.05, 3.63) is 64.9 Å². The van der Waals surface area contributed by atoms with Gasteiger partial charge in [0, 0.05) is 18.7 Å². The predicted octanol–water partition coefficient (Wildman–Crippen LogP) is 5.36. The smallest absolute Gasteiger partial charge is 0.387 e. The Labute approximate surface area is 156 Å². The van der Waals surface area contributed by atoms with Crippen molar-refractivity contribution in [3.63, 3.8) is 0 Å². The Morgan fingerprint density at radius 2 is 2.04 bits per heavy atom. The highest BCUT2D eigenvalue weighted by molar-refractivity contribution is 9.10. The molecule has 8 heteroatoms. The molecule has 4 nitrogen and oxygen atoms in total. The lowest BCUT2D eigenvalue weighted by molar-refractivity contribution is -0.0505.